The summed E-state index contributed by atoms with van der Waals surface area (Å²) in [5.74, 6) is 2.09. The number of aromatic amines is 1. The van der Waals surface area contributed by atoms with Gasteiger partial charge >= 0.3 is 0 Å². The van der Waals surface area contributed by atoms with Crippen molar-refractivity contribution >= 4 is 0 Å². The van der Waals surface area contributed by atoms with Crippen LogP contribution in [-0.2, 0) is 0 Å². The number of unbranched alkanes of at least 4 members (excludes halogenated alkanes) is 16. The third-order valence-corrected chi connectivity index (χ3v) is 7.15. The predicted molar refractivity (Wildman–Crippen MR) is 138 cm³/mol. The summed E-state index contributed by atoms with van der Waals surface area (Å²) < 4.78 is 2.53. The summed E-state index contributed by atoms with van der Waals surface area (Å²) >= 11 is 0. The molecule has 0 amide bonds. The van der Waals surface area contributed by atoms with Gasteiger partial charge in [0.05, 0.1) is 12.0 Å². The monoisotopic (exact) mass is 433 g/mol. The minimum atomic E-state index is 0.622. The average Bonchev–Trinajstić information content (AvgIpc) is 3.27. The number of aromatic nitrogens is 2. The van der Waals surface area contributed by atoms with Gasteiger partial charge in [-0.1, -0.05) is 130 Å². The standard InChI is InChI=1S/C29H56N2/c1-5-7-9-11-13-15-17-19-21-23-27(3)29-30-25-26-31(29)28(4)24-22-20-18-16-14-12-10-8-6-2/h25-28H,5-24H2,1-4H3/p+1. The molecule has 0 saturated carbocycles. The lowest BCUT2D eigenvalue weighted by molar-refractivity contribution is -0.727. The molecule has 0 fully saturated rings. The first kappa shape index (κ1) is 28.2. The van der Waals surface area contributed by atoms with E-state index in [0.29, 0.717) is 12.0 Å². The van der Waals surface area contributed by atoms with Crippen molar-refractivity contribution in [3.05, 3.63) is 18.2 Å². The third kappa shape index (κ3) is 14.1. The normalized spacial score (nSPS) is 13.5. The maximum absolute atomic E-state index is 3.57. The highest BCUT2D eigenvalue weighted by atomic mass is 15.1. The molecule has 0 spiro atoms. The SMILES string of the molecule is CCCCCCCCCCCC(C)c1[nH]cc[n+]1C(C)CCCCCCCCCCC. The smallest absolute Gasteiger partial charge is 0.247 e. The second-order valence-corrected chi connectivity index (χ2v) is 10.2. The molecule has 0 bridgehead atoms. The summed E-state index contributed by atoms with van der Waals surface area (Å²) in [5, 5.41) is 0. The molecule has 2 unspecified atom stereocenters. The van der Waals surface area contributed by atoms with Gasteiger partial charge in [-0.3, -0.25) is 0 Å². The van der Waals surface area contributed by atoms with Crippen LogP contribution in [0.5, 0.6) is 0 Å². The van der Waals surface area contributed by atoms with E-state index in [1.807, 2.05) is 0 Å². The van der Waals surface area contributed by atoms with E-state index < -0.39 is 0 Å². The first-order valence-corrected chi connectivity index (χ1v) is 14.3. The Morgan fingerprint density at radius 1 is 0.613 bits per heavy atom. The molecule has 0 saturated heterocycles. The van der Waals surface area contributed by atoms with Crippen LogP contribution in [0.25, 0.3) is 0 Å². The van der Waals surface area contributed by atoms with Crippen molar-refractivity contribution in [1.82, 2.24) is 4.98 Å². The summed E-state index contributed by atoms with van der Waals surface area (Å²) in [6.45, 7) is 9.42. The van der Waals surface area contributed by atoms with Crippen LogP contribution in [0.4, 0.5) is 0 Å². The topological polar surface area (TPSA) is 19.7 Å². The Bertz CT molecular complexity index is 450. The molecule has 1 aromatic heterocycles. The van der Waals surface area contributed by atoms with Crippen molar-refractivity contribution in [2.45, 2.75) is 168 Å². The van der Waals surface area contributed by atoms with Crippen LogP contribution in [0.3, 0.4) is 0 Å². The fraction of sp³-hybridized carbons (Fsp3) is 0.897. The van der Waals surface area contributed by atoms with E-state index in [9.17, 15) is 0 Å². The summed E-state index contributed by atoms with van der Waals surface area (Å²) in [6, 6.07) is 0.622. The fourth-order valence-corrected chi connectivity index (χ4v) is 4.93. The van der Waals surface area contributed by atoms with Crippen LogP contribution in [0.1, 0.15) is 174 Å². The van der Waals surface area contributed by atoms with Gasteiger partial charge in [-0.2, -0.15) is 0 Å². The van der Waals surface area contributed by atoms with E-state index in [0.717, 1.165) is 0 Å². The number of nitrogens with one attached hydrogen (secondary N) is 1. The van der Waals surface area contributed by atoms with Gasteiger partial charge in [0.2, 0.25) is 0 Å². The molecule has 1 heterocycles. The molecule has 0 aromatic carbocycles. The van der Waals surface area contributed by atoms with Gasteiger partial charge in [0.25, 0.3) is 5.82 Å². The van der Waals surface area contributed by atoms with Crippen LogP contribution in [0, 0.1) is 0 Å². The van der Waals surface area contributed by atoms with Gasteiger partial charge in [0.15, 0.2) is 0 Å². The van der Waals surface area contributed by atoms with E-state index in [1.165, 1.54) is 134 Å². The van der Waals surface area contributed by atoms with E-state index in [1.54, 1.807) is 0 Å². The maximum Gasteiger partial charge on any atom is 0.257 e. The molecule has 1 aromatic rings. The van der Waals surface area contributed by atoms with Crippen LogP contribution < -0.4 is 4.57 Å². The maximum atomic E-state index is 3.57. The van der Waals surface area contributed by atoms with Crippen molar-refractivity contribution in [2.24, 2.45) is 0 Å². The number of nitrogens with zero attached hydrogens (tertiary/aromatic N) is 1. The summed E-state index contributed by atoms with van der Waals surface area (Å²) in [6.07, 6.45) is 32.6. The average molecular weight is 434 g/mol. The fourth-order valence-electron chi connectivity index (χ4n) is 4.93. The van der Waals surface area contributed by atoms with Gasteiger partial charge in [-0.05, 0) is 26.2 Å². The molecule has 182 valence electrons. The lowest BCUT2D eigenvalue weighted by Gasteiger charge is -2.14. The first-order chi connectivity index (χ1) is 15.2. The summed E-state index contributed by atoms with van der Waals surface area (Å²) in [4.78, 5) is 3.57. The number of hydrogen-bond donors (Lipinski definition) is 1. The van der Waals surface area contributed by atoms with Crippen LogP contribution in [0.2, 0.25) is 0 Å². The molecule has 0 aliphatic heterocycles. The minimum absolute atomic E-state index is 0.622. The van der Waals surface area contributed by atoms with Crippen molar-refractivity contribution in [1.29, 1.82) is 0 Å². The molecule has 1 N–H and O–H groups in total. The summed E-state index contributed by atoms with van der Waals surface area (Å²) in [5.41, 5.74) is 0. The zero-order valence-corrected chi connectivity index (χ0v) is 21.9. The Labute approximate surface area is 196 Å². The summed E-state index contributed by atoms with van der Waals surface area (Å²) in [7, 11) is 0. The zero-order chi connectivity index (χ0) is 22.6. The lowest BCUT2D eigenvalue weighted by atomic mass is 10.00. The van der Waals surface area contributed by atoms with E-state index in [-0.39, 0.29) is 0 Å². The predicted octanol–water partition coefficient (Wildman–Crippen LogP) is 9.81. The third-order valence-electron chi connectivity index (χ3n) is 7.15. The lowest BCUT2D eigenvalue weighted by Crippen LogP contribution is -2.40. The molecule has 2 nitrogen and oxygen atoms in total. The molecule has 0 aliphatic rings. The molecule has 2 atom stereocenters. The molecular weight excluding hydrogens is 376 g/mol. The minimum Gasteiger partial charge on any atom is -0.247 e. The van der Waals surface area contributed by atoms with E-state index in [4.69, 9.17) is 0 Å². The Morgan fingerprint density at radius 3 is 1.52 bits per heavy atom. The molecular formula is C29H57N2+. The highest BCUT2D eigenvalue weighted by Crippen LogP contribution is 2.21. The highest BCUT2D eigenvalue weighted by Gasteiger charge is 2.22. The van der Waals surface area contributed by atoms with Crippen LogP contribution in [-0.4, -0.2) is 4.98 Å². The molecule has 0 aliphatic carbocycles. The van der Waals surface area contributed by atoms with Crippen LogP contribution >= 0.6 is 0 Å². The van der Waals surface area contributed by atoms with Gasteiger partial charge in [-0.15, -0.1) is 0 Å². The van der Waals surface area contributed by atoms with E-state index >= 15 is 0 Å². The van der Waals surface area contributed by atoms with Gasteiger partial charge in [0, 0.05) is 0 Å². The van der Waals surface area contributed by atoms with Crippen LogP contribution in [0.15, 0.2) is 12.4 Å². The molecule has 1 rings (SSSR count). The second kappa shape index (κ2) is 19.9. The Balaban J connectivity index is 2.13. The molecule has 31 heavy (non-hydrogen) atoms. The Kier molecular flexibility index (Phi) is 18.1. The Morgan fingerprint density at radius 2 is 1.03 bits per heavy atom. The van der Waals surface area contributed by atoms with E-state index in [2.05, 4.69) is 49.6 Å². The quantitative estimate of drug-likeness (QED) is 0.139. The molecule has 2 heteroatoms. The van der Waals surface area contributed by atoms with Gasteiger partial charge in [0.1, 0.15) is 12.4 Å². The number of rotatable bonds is 22. The highest BCUT2D eigenvalue weighted by molar-refractivity contribution is 4.87. The zero-order valence-electron chi connectivity index (χ0n) is 21.9. The number of hydrogen-bond acceptors (Lipinski definition) is 0. The van der Waals surface area contributed by atoms with Gasteiger partial charge in [-0.25, -0.2) is 9.55 Å². The number of H-pyrrole nitrogens is 1. The van der Waals surface area contributed by atoms with Crippen molar-refractivity contribution < 1.29 is 4.57 Å². The van der Waals surface area contributed by atoms with Crippen molar-refractivity contribution in [3.8, 4) is 0 Å². The largest absolute Gasteiger partial charge is 0.257 e. The van der Waals surface area contributed by atoms with Crippen molar-refractivity contribution in [2.75, 3.05) is 0 Å². The van der Waals surface area contributed by atoms with Gasteiger partial charge < -0.3 is 0 Å². The first-order valence-electron chi connectivity index (χ1n) is 14.3. The number of imidazole rings is 1. The Hall–Kier alpha value is -0.790. The second-order valence-electron chi connectivity index (χ2n) is 10.2. The molecule has 0 radical (unpaired) electrons. The van der Waals surface area contributed by atoms with Crippen molar-refractivity contribution in [3.63, 3.8) is 0 Å².